The number of aliphatic carboxylic acids is 1. The van der Waals surface area contributed by atoms with Gasteiger partial charge in [0.1, 0.15) is 0 Å². The van der Waals surface area contributed by atoms with Crippen molar-refractivity contribution < 1.29 is 9.90 Å². The summed E-state index contributed by atoms with van der Waals surface area (Å²) in [4.78, 5) is 12.8. The smallest absolute Gasteiger partial charge is 0.304 e. The number of carboxylic acids is 1. The standard InChI is InChI=1S/C11H19NO2/c13-11(14)5-6-12-7-9-3-1-2-4-10(9)8-12/h9-10H,1-8H2,(H,13,14)/t9-,10+. The van der Waals surface area contributed by atoms with Gasteiger partial charge in [-0.3, -0.25) is 4.79 Å². The lowest BCUT2D eigenvalue weighted by atomic mass is 9.82. The van der Waals surface area contributed by atoms with Crippen LogP contribution in [0.25, 0.3) is 0 Å². The number of hydrogen-bond acceptors (Lipinski definition) is 2. The maximum absolute atomic E-state index is 10.4. The van der Waals surface area contributed by atoms with Gasteiger partial charge in [-0.1, -0.05) is 12.8 Å². The molecule has 0 spiro atoms. The van der Waals surface area contributed by atoms with Gasteiger partial charge in [0.2, 0.25) is 0 Å². The van der Waals surface area contributed by atoms with Gasteiger partial charge in [0, 0.05) is 19.6 Å². The van der Waals surface area contributed by atoms with Crippen LogP contribution in [0.15, 0.2) is 0 Å². The van der Waals surface area contributed by atoms with Crippen molar-refractivity contribution in [2.45, 2.75) is 32.1 Å². The van der Waals surface area contributed by atoms with Gasteiger partial charge in [-0.25, -0.2) is 0 Å². The summed E-state index contributed by atoms with van der Waals surface area (Å²) >= 11 is 0. The van der Waals surface area contributed by atoms with E-state index in [4.69, 9.17) is 5.11 Å². The number of rotatable bonds is 3. The second kappa shape index (κ2) is 4.30. The van der Waals surface area contributed by atoms with E-state index >= 15 is 0 Å². The molecule has 2 atom stereocenters. The number of hydrogen-bond donors (Lipinski definition) is 1. The SMILES string of the molecule is O=C(O)CCN1C[C@H]2CCCC[C@H]2C1. The molecular weight excluding hydrogens is 178 g/mol. The quantitative estimate of drug-likeness (QED) is 0.746. The topological polar surface area (TPSA) is 40.5 Å². The highest BCUT2D eigenvalue weighted by atomic mass is 16.4. The molecule has 1 saturated heterocycles. The fraction of sp³-hybridized carbons (Fsp3) is 0.909. The van der Waals surface area contributed by atoms with Gasteiger partial charge in [-0.2, -0.15) is 0 Å². The molecule has 0 bridgehead atoms. The minimum Gasteiger partial charge on any atom is -0.481 e. The van der Waals surface area contributed by atoms with Crippen LogP contribution in [0, 0.1) is 11.8 Å². The van der Waals surface area contributed by atoms with E-state index in [9.17, 15) is 4.79 Å². The number of carboxylic acid groups (broad SMARTS) is 1. The lowest BCUT2D eigenvalue weighted by Gasteiger charge is -2.23. The van der Waals surface area contributed by atoms with Crippen LogP contribution in [0.3, 0.4) is 0 Å². The first-order valence-electron chi connectivity index (χ1n) is 5.70. The third-order valence-electron chi connectivity index (χ3n) is 3.69. The summed E-state index contributed by atoms with van der Waals surface area (Å²) in [6.07, 6.45) is 5.81. The summed E-state index contributed by atoms with van der Waals surface area (Å²) in [5, 5.41) is 8.61. The fourth-order valence-electron chi connectivity index (χ4n) is 2.94. The zero-order chi connectivity index (χ0) is 9.97. The molecular formula is C11H19NO2. The van der Waals surface area contributed by atoms with E-state index in [0.717, 1.165) is 31.5 Å². The summed E-state index contributed by atoms with van der Waals surface area (Å²) in [5.41, 5.74) is 0. The van der Waals surface area contributed by atoms with Crippen LogP contribution in [0.1, 0.15) is 32.1 Å². The van der Waals surface area contributed by atoms with Crippen LogP contribution in [0.2, 0.25) is 0 Å². The van der Waals surface area contributed by atoms with Gasteiger partial charge >= 0.3 is 5.97 Å². The molecule has 0 aromatic heterocycles. The highest BCUT2D eigenvalue weighted by Gasteiger charge is 2.33. The average Bonchev–Trinajstić information content (AvgIpc) is 2.57. The highest BCUT2D eigenvalue weighted by Crippen LogP contribution is 2.35. The van der Waals surface area contributed by atoms with E-state index < -0.39 is 5.97 Å². The first-order valence-corrected chi connectivity index (χ1v) is 5.70. The summed E-state index contributed by atoms with van der Waals surface area (Å²) in [7, 11) is 0. The second-order valence-electron chi connectivity index (χ2n) is 4.71. The van der Waals surface area contributed by atoms with E-state index in [1.165, 1.54) is 25.7 Å². The maximum Gasteiger partial charge on any atom is 0.304 e. The fourth-order valence-corrected chi connectivity index (χ4v) is 2.94. The monoisotopic (exact) mass is 197 g/mol. The molecule has 2 fully saturated rings. The third kappa shape index (κ3) is 2.27. The summed E-state index contributed by atoms with van der Waals surface area (Å²) < 4.78 is 0. The molecule has 80 valence electrons. The van der Waals surface area contributed by atoms with Gasteiger partial charge in [0.25, 0.3) is 0 Å². The Morgan fingerprint density at radius 3 is 2.29 bits per heavy atom. The van der Waals surface area contributed by atoms with Crippen molar-refractivity contribution in [1.82, 2.24) is 4.90 Å². The van der Waals surface area contributed by atoms with Crippen molar-refractivity contribution in [3.05, 3.63) is 0 Å². The predicted octanol–water partition coefficient (Wildman–Crippen LogP) is 1.58. The van der Waals surface area contributed by atoms with Gasteiger partial charge in [0.15, 0.2) is 0 Å². The lowest BCUT2D eigenvalue weighted by Crippen LogP contribution is -2.24. The Kier molecular flexibility index (Phi) is 3.06. The zero-order valence-corrected chi connectivity index (χ0v) is 8.61. The van der Waals surface area contributed by atoms with E-state index in [1.807, 2.05) is 0 Å². The summed E-state index contributed by atoms with van der Waals surface area (Å²) in [6, 6.07) is 0. The molecule has 3 heteroatoms. The molecule has 0 unspecified atom stereocenters. The van der Waals surface area contributed by atoms with Crippen molar-refractivity contribution in [3.8, 4) is 0 Å². The number of carbonyl (C=O) groups is 1. The lowest BCUT2D eigenvalue weighted by molar-refractivity contribution is -0.137. The largest absolute Gasteiger partial charge is 0.481 e. The molecule has 0 amide bonds. The molecule has 0 radical (unpaired) electrons. The van der Waals surface area contributed by atoms with Crippen molar-refractivity contribution in [3.63, 3.8) is 0 Å². The molecule has 2 aliphatic rings. The van der Waals surface area contributed by atoms with Gasteiger partial charge < -0.3 is 10.0 Å². The first-order chi connectivity index (χ1) is 6.75. The molecule has 1 N–H and O–H groups in total. The Bertz CT molecular complexity index is 203. The van der Waals surface area contributed by atoms with Crippen LogP contribution in [-0.2, 0) is 4.79 Å². The molecule has 2 rings (SSSR count). The number of likely N-dealkylation sites (tertiary alicyclic amines) is 1. The Hall–Kier alpha value is -0.570. The number of nitrogens with zero attached hydrogens (tertiary/aromatic N) is 1. The number of fused-ring (bicyclic) bond motifs is 1. The molecule has 3 nitrogen and oxygen atoms in total. The molecule has 0 aromatic carbocycles. The van der Waals surface area contributed by atoms with Crippen LogP contribution in [-0.4, -0.2) is 35.6 Å². The van der Waals surface area contributed by atoms with E-state index in [-0.39, 0.29) is 0 Å². The summed E-state index contributed by atoms with van der Waals surface area (Å²) in [6.45, 7) is 3.05. The Labute approximate surface area is 85.1 Å². The first kappa shape index (κ1) is 9.97. The Balaban J connectivity index is 1.78. The molecule has 1 heterocycles. The van der Waals surface area contributed by atoms with Crippen LogP contribution in [0.5, 0.6) is 0 Å². The van der Waals surface area contributed by atoms with Crippen molar-refractivity contribution >= 4 is 5.97 Å². The highest BCUT2D eigenvalue weighted by molar-refractivity contribution is 5.66. The predicted molar refractivity (Wildman–Crippen MR) is 54.1 cm³/mol. The molecule has 1 aliphatic carbocycles. The van der Waals surface area contributed by atoms with E-state index in [1.54, 1.807) is 0 Å². The Morgan fingerprint density at radius 2 is 1.79 bits per heavy atom. The third-order valence-corrected chi connectivity index (χ3v) is 3.69. The Morgan fingerprint density at radius 1 is 1.21 bits per heavy atom. The van der Waals surface area contributed by atoms with Crippen molar-refractivity contribution in [1.29, 1.82) is 0 Å². The second-order valence-corrected chi connectivity index (χ2v) is 4.71. The zero-order valence-electron chi connectivity index (χ0n) is 8.61. The normalized spacial score (nSPS) is 32.9. The van der Waals surface area contributed by atoms with Crippen LogP contribution < -0.4 is 0 Å². The van der Waals surface area contributed by atoms with E-state index in [2.05, 4.69) is 4.90 Å². The minimum absolute atomic E-state index is 0.305. The maximum atomic E-state index is 10.4. The minimum atomic E-state index is -0.667. The van der Waals surface area contributed by atoms with Crippen molar-refractivity contribution in [2.75, 3.05) is 19.6 Å². The van der Waals surface area contributed by atoms with Crippen LogP contribution >= 0.6 is 0 Å². The molecule has 0 aromatic rings. The van der Waals surface area contributed by atoms with E-state index in [0.29, 0.717) is 6.42 Å². The van der Waals surface area contributed by atoms with Gasteiger partial charge in [0.05, 0.1) is 6.42 Å². The molecule has 1 saturated carbocycles. The molecule has 1 aliphatic heterocycles. The van der Waals surface area contributed by atoms with Crippen molar-refractivity contribution in [2.24, 2.45) is 11.8 Å². The van der Waals surface area contributed by atoms with Gasteiger partial charge in [-0.15, -0.1) is 0 Å². The van der Waals surface area contributed by atoms with Crippen LogP contribution in [0.4, 0.5) is 0 Å². The average molecular weight is 197 g/mol. The summed E-state index contributed by atoms with van der Waals surface area (Å²) in [5.74, 6) is 1.08. The van der Waals surface area contributed by atoms with Gasteiger partial charge in [-0.05, 0) is 24.7 Å². The molecule has 14 heavy (non-hydrogen) atoms.